The number of anilines is 1. The van der Waals surface area contributed by atoms with Gasteiger partial charge in [-0.2, -0.15) is 5.10 Å². The summed E-state index contributed by atoms with van der Waals surface area (Å²) in [6.45, 7) is 3.01. The first-order valence-corrected chi connectivity index (χ1v) is 13.9. The van der Waals surface area contributed by atoms with E-state index in [1.165, 1.54) is 6.07 Å². The highest BCUT2D eigenvalue weighted by Gasteiger charge is 2.54. The fourth-order valence-corrected chi connectivity index (χ4v) is 5.78. The van der Waals surface area contributed by atoms with E-state index >= 15 is 4.39 Å². The minimum atomic E-state index is -1.04. The third-order valence-corrected chi connectivity index (χ3v) is 7.87. The lowest BCUT2D eigenvalue weighted by Crippen LogP contribution is -2.64. The number of fused-ring (bicyclic) bond motifs is 1. The number of carboxylic acid groups (broad SMARTS) is 1. The molecule has 13 heteroatoms. The third-order valence-electron chi connectivity index (χ3n) is 7.87. The number of aromatic nitrogens is 2. The Hall–Kier alpha value is -4.65. The molecule has 2 amide bonds. The molecule has 2 aliphatic rings. The second-order valence-electron chi connectivity index (χ2n) is 11.0. The predicted octanol–water partition coefficient (Wildman–Crippen LogP) is 2.02. The van der Waals surface area contributed by atoms with Crippen molar-refractivity contribution in [2.45, 2.75) is 19.8 Å². The van der Waals surface area contributed by atoms with Gasteiger partial charge in [-0.05, 0) is 43.7 Å². The van der Waals surface area contributed by atoms with Crippen molar-refractivity contribution in [1.82, 2.24) is 25.3 Å². The molecule has 1 aliphatic heterocycles. The first-order valence-electron chi connectivity index (χ1n) is 13.9. The second-order valence-corrected chi connectivity index (χ2v) is 11.0. The van der Waals surface area contributed by atoms with Crippen molar-refractivity contribution in [2.75, 3.05) is 45.1 Å². The third kappa shape index (κ3) is 6.88. The van der Waals surface area contributed by atoms with Gasteiger partial charge in [0.05, 0.1) is 24.8 Å². The van der Waals surface area contributed by atoms with E-state index in [-0.39, 0.29) is 48.6 Å². The monoisotopic (exact) mass is 593 g/mol. The zero-order valence-electron chi connectivity index (χ0n) is 24.4. The Morgan fingerprint density at radius 2 is 1.91 bits per heavy atom. The summed E-state index contributed by atoms with van der Waals surface area (Å²) in [5.74, 6) is -1.61. The van der Waals surface area contributed by atoms with E-state index in [2.05, 4.69) is 21.0 Å². The number of halogens is 1. The molecular formula is C30H36FN7O5. The van der Waals surface area contributed by atoms with Crippen LogP contribution >= 0.6 is 0 Å². The van der Waals surface area contributed by atoms with Gasteiger partial charge in [-0.3, -0.25) is 19.1 Å². The maximum Gasteiger partial charge on any atom is 0.322 e. The van der Waals surface area contributed by atoms with Crippen LogP contribution in [0.4, 0.5) is 10.1 Å². The number of nitrogens with zero attached hydrogens (tertiary/aromatic N) is 3. The molecule has 12 nitrogen and oxygen atoms in total. The number of aliphatic carboxylic acids is 1. The van der Waals surface area contributed by atoms with Crippen molar-refractivity contribution in [3.8, 4) is 11.1 Å². The fraction of sp³-hybridized carbons (Fsp3) is 0.400. The Morgan fingerprint density at radius 1 is 1.19 bits per heavy atom. The van der Waals surface area contributed by atoms with Gasteiger partial charge in [-0.15, -0.1) is 0 Å². The number of hydrogen-bond donors (Lipinski definition) is 5. The topological polar surface area (TPSA) is 170 Å². The quantitative estimate of drug-likeness (QED) is 0.176. The van der Waals surface area contributed by atoms with Crippen molar-refractivity contribution >= 4 is 46.4 Å². The molecule has 1 saturated carbocycles. The molecule has 43 heavy (non-hydrogen) atoms. The molecule has 1 saturated heterocycles. The van der Waals surface area contributed by atoms with E-state index < -0.39 is 5.97 Å². The number of carboxylic acids is 1. The van der Waals surface area contributed by atoms with Crippen LogP contribution in [-0.2, 0) is 26.2 Å². The molecule has 0 atom stereocenters. The van der Waals surface area contributed by atoms with Crippen molar-refractivity contribution in [2.24, 2.45) is 18.4 Å². The number of carbonyl (C=O) groups is 4. The largest absolute Gasteiger partial charge is 0.480 e. The molecule has 5 N–H and O–H groups in total. The molecular weight excluding hydrogens is 557 g/mol. The first kappa shape index (κ1) is 31.3. The number of likely N-dealkylation sites (N-methyl/N-ethyl adjacent to an activating group) is 1. The highest BCUT2D eigenvalue weighted by molar-refractivity contribution is 6.11. The average Bonchev–Trinajstić information content (AvgIpc) is 3.27. The van der Waals surface area contributed by atoms with E-state index in [1.807, 2.05) is 30.1 Å². The first-order chi connectivity index (χ1) is 20.5. The number of aldehydes is 1. The summed E-state index contributed by atoms with van der Waals surface area (Å²) in [6.07, 6.45) is 4.07. The summed E-state index contributed by atoms with van der Waals surface area (Å²) in [4.78, 5) is 44.8. The predicted molar refractivity (Wildman–Crippen MR) is 159 cm³/mol. The molecule has 228 valence electrons. The van der Waals surface area contributed by atoms with Gasteiger partial charge in [0.15, 0.2) is 0 Å². The Labute approximate surface area is 248 Å². The van der Waals surface area contributed by atoms with Gasteiger partial charge in [0.25, 0.3) is 0 Å². The molecule has 2 fully saturated rings. The second kappa shape index (κ2) is 13.1. The molecule has 1 aliphatic carbocycles. The van der Waals surface area contributed by atoms with Gasteiger partial charge in [0.1, 0.15) is 18.6 Å². The Balaban J connectivity index is 0.000000365. The SMILES string of the molecule is CC(=O)N1CC2(CC(C(=N)c3c(NCC=O)cccc3-c3cc4c(cnn4C)cc3F)C2)C1.CNCC(=O)NCC(=O)O. The lowest BCUT2D eigenvalue weighted by atomic mass is 9.56. The van der Waals surface area contributed by atoms with Gasteiger partial charge in [0, 0.05) is 66.3 Å². The number of carbonyl (C=O) groups excluding carboxylic acids is 3. The molecule has 2 aromatic carbocycles. The van der Waals surface area contributed by atoms with Gasteiger partial charge < -0.3 is 36.2 Å². The maximum absolute atomic E-state index is 15.2. The number of benzene rings is 2. The molecule has 0 radical (unpaired) electrons. The molecule has 3 aromatic rings. The summed E-state index contributed by atoms with van der Waals surface area (Å²) < 4.78 is 16.9. The van der Waals surface area contributed by atoms with E-state index in [9.17, 15) is 19.2 Å². The van der Waals surface area contributed by atoms with Crippen molar-refractivity contribution in [3.05, 3.63) is 47.9 Å². The van der Waals surface area contributed by atoms with Crippen LogP contribution in [0.5, 0.6) is 0 Å². The van der Waals surface area contributed by atoms with E-state index in [1.54, 1.807) is 30.9 Å². The highest BCUT2D eigenvalue weighted by Crippen LogP contribution is 2.53. The minimum absolute atomic E-state index is 0.0283. The van der Waals surface area contributed by atoms with Crippen molar-refractivity contribution < 1.29 is 28.7 Å². The van der Waals surface area contributed by atoms with Crippen LogP contribution in [0.1, 0.15) is 25.3 Å². The summed E-state index contributed by atoms with van der Waals surface area (Å²) >= 11 is 0. The summed E-state index contributed by atoms with van der Waals surface area (Å²) in [5.41, 5.74) is 3.65. The Bertz CT molecular complexity index is 1560. The number of aryl methyl sites for hydroxylation is 1. The zero-order valence-corrected chi connectivity index (χ0v) is 24.4. The molecule has 5 rings (SSSR count). The molecule has 0 unspecified atom stereocenters. The van der Waals surface area contributed by atoms with E-state index in [4.69, 9.17) is 10.5 Å². The normalized spacial score (nSPS) is 15.1. The number of rotatable bonds is 10. The fourth-order valence-electron chi connectivity index (χ4n) is 5.78. The van der Waals surface area contributed by atoms with Crippen LogP contribution in [0.25, 0.3) is 22.0 Å². The van der Waals surface area contributed by atoms with Crippen LogP contribution in [0.15, 0.2) is 36.5 Å². The number of likely N-dealkylation sites (tertiary alicyclic amines) is 1. The smallest absolute Gasteiger partial charge is 0.322 e. The van der Waals surface area contributed by atoms with Crippen LogP contribution in [0.2, 0.25) is 0 Å². The average molecular weight is 594 g/mol. The van der Waals surface area contributed by atoms with Crippen molar-refractivity contribution in [1.29, 1.82) is 5.41 Å². The van der Waals surface area contributed by atoms with Crippen LogP contribution in [0.3, 0.4) is 0 Å². The summed E-state index contributed by atoms with van der Waals surface area (Å²) in [7, 11) is 3.42. The standard InChI is InChI=1S/C25H26FN5O2.C5H10N2O3/c1-15(33)31-13-25(14-31)10-17(11-25)24(27)23-18(4-3-5-21(23)28-6-7-32)19-9-22-16(8-20(19)26)12-29-30(22)2;1-6-2-4(8)7-3-5(9)10/h3-5,7-9,12,17,27-28H,6,10-11,13-14H2,1-2H3;6H,2-3H2,1H3,(H,7,8)(H,9,10). The number of hydrogen-bond acceptors (Lipinski definition) is 8. The van der Waals surface area contributed by atoms with E-state index in [0.29, 0.717) is 33.5 Å². The molecule has 2 heterocycles. The summed E-state index contributed by atoms with van der Waals surface area (Å²) in [5, 5.41) is 29.9. The lowest BCUT2D eigenvalue weighted by Gasteiger charge is -2.59. The van der Waals surface area contributed by atoms with Crippen molar-refractivity contribution in [3.63, 3.8) is 0 Å². The van der Waals surface area contributed by atoms with Crippen LogP contribution in [0, 0.1) is 22.6 Å². The molecule has 0 bridgehead atoms. The maximum atomic E-state index is 15.2. The minimum Gasteiger partial charge on any atom is -0.480 e. The van der Waals surface area contributed by atoms with Gasteiger partial charge in [-0.1, -0.05) is 12.1 Å². The van der Waals surface area contributed by atoms with E-state index in [0.717, 1.165) is 37.7 Å². The van der Waals surface area contributed by atoms with Gasteiger partial charge >= 0.3 is 5.97 Å². The summed E-state index contributed by atoms with van der Waals surface area (Å²) in [6, 6.07) is 8.70. The molecule has 1 spiro atoms. The number of nitrogens with one attached hydrogen (secondary N) is 4. The number of amides is 2. The van der Waals surface area contributed by atoms with Gasteiger partial charge in [0.2, 0.25) is 11.8 Å². The Morgan fingerprint density at radius 3 is 2.53 bits per heavy atom. The van der Waals surface area contributed by atoms with Crippen LogP contribution in [-0.4, -0.2) is 89.3 Å². The molecule has 1 aromatic heterocycles. The zero-order chi connectivity index (χ0) is 31.3. The lowest BCUT2D eigenvalue weighted by molar-refractivity contribution is -0.149. The highest BCUT2D eigenvalue weighted by atomic mass is 19.1. The van der Waals surface area contributed by atoms with Gasteiger partial charge in [-0.25, -0.2) is 4.39 Å². The Kier molecular flexibility index (Phi) is 9.54. The van der Waals surface area contributed by atoms with Crippen LogP contribution < -0.4 is 16.0 Å².